The minimum Gasteiger partial charge on any atom is -0.492 e. The summed E-state index contributed by atoms with van der Waals surface area (Å²) in [5, 5.41) is 5.70. The Labute approximate surface area is 168 Å². The van der Waals surface area contributed by atoms with Crippen LogP contribution in [0.4, 0.5) is 16.2 Å². The summed E-state index contributed by atoms with van der Waals surface area (Å²) in [5.74, 6) is 1.27. The Morgan fingerprint density at radius 1 is 1.10 bits per heavy atom. The van der Waals surface area contributed by atoms with Crippen molar-refractivity contribution >= 4 is 23.2 Å². The van der Waals surface area contributed by atoms with Crippen molar-refractivity contribution < 1.29 is 9.53 Å². The number of anilines is 2. The Morgan fingerprint density at radius 3 is 2.79 bits per heavy atom. The number of aromatic nitrogens is 3. The highest BCUT2D eigenvalue weighted by molar-refractivity contribution is 6.01. The van der Waals surface area contributed by atoms with E-state index < -0.39 is 0 Å². The minimum absolute atomic E-state index is 0.345. The van der Waals surface area contributed by atoms with E-state index in [1.807, 2.05) is 73.0 Å². The fourth-order valence-corrected chi connectivity index (χ4v) is 3.16. The second kappa shape index (κ2) is 8.02. The molecular weight excluding hydrogens is 366 g/mol. The summed E-state index contributed by atoms with van der Waals surface area (Å²) in [6, 6.07) is 16.4. The van der Waals surface area contributed by atoms with Gasteiger partial charge in [-0.15, -0.1) is 0 Å². The Kier molecular flexibility index (Phi) is 5.11. The molecule has 0 unspecified atom stereocenters. The average molecular weight is 387 g/mol. The van der Waals surface area contributed by atoms with Crippen molar-refractivity contribution in [3.05, 3.63) is 72.7 Å². The van der Waals surface area contributed by atoms with Crippen LogP contribution < -0.4 is 15.4 Å². The lowest BCUT2D eigenvalue weighted by Gasteiger charge is -2.12. The highest BCUT2D eigenvalue weighted by Crippen LogP contribution is 2.27. The van der Waals surface area contributed by atoms with Gasteiger partial charge in [-0.3, -0.25) is 4.40 Å². The topological polar surface area (TPSA) is 80.5 Å². The first kappa shape index (κ1) is 18.5. The number of nitrogens with zero attached hydrogens (tertiary/aromatic N) is 3. The fraction of sp³-hybridized carbons (Fsp3) is 0.136. The highest BCUT2D eigenvalue weighted by Gasteiger charge is 2.12. The molecule has 0 bridgehead atoms. The smallest absolute Gasteiger partial charge is 0.323 e. The number of carbonyl (C=O) groups is 1. The van der Waals surface area contributed by atoms with Crippen LogP contribution in [-0.4, -0.2) is 27.0 Å². The van der Waals surface area contributed by atoms with Crippen LogP contribution in [0.5, 0.6) is 5.75 Å². The number of nitrogens with one attached hydrogen (secondary N) is 2. The first-order chi connectivity index (χ1) is 14.2. The Balaban J connectivity index is 1.55. The molecule has 0 aliphatic heterocycles. The van der Waals surface area contributed by atoms with Gasteiger partial charge in [0, 0.05) is 29.3 Å². The van der Waals surface area contributed by atoms with Gasteiger partial charge in [-0.25, -0.2) is 14.8 Å². The quantitative estimate of drug-likeness (QED) is 0.518. The number of imidazole rings is 1. The lowest BCUT2D eigenvalue weighted by Crippen LogP contribution is -2.19. The van der Waals surface area contributed by atoms with Crippen molar-refractivity contribution in [2.75, 3.05) is 17.2 Å². The maximum atomic E-state index is 12.5. The number of fused-ring (bicyclic) bond motifs is 1. The first-order valence-corrected chi connectivity index (χ1v) is 9.35. The Hall–Kier alpha value is -3.87. The van der Waals surface area contributed by atoms with E-state index in [0.717, 1.165) is 17.0 Å². The number of para-hydroxylation sites is 2. The van der Waals surface area contributed by atoms with Crippen molar-refractivity contribution in [2.45, 2.75) is 13.8 Å². The van der Waals surface area contributed by atoms with E-state index in [2.05, 4.69) is 20.6 Å². The number of aryl methyl sites for hydroxylation is 1. The van der Waals surface area contributed by atoms with Gasteiger partial charge >= 0.3 is 6.03 Å². The predicted molar refractivity (Wildman–Crippen MR) is 113 cm³/mol. The van der Waals surface area contributed by atoms with Gasteiger partial charge in [-0.05, 0) is 44.2 Å². The van der Waals surface area contributed by atoms with E-state index in [1.165, 1.54) is 0 Å². The van der Waals surface area contributed by atoms with Crippen molar-refractivity contribution in [1.29, 1.82) is 0 Å². The van der Waals surface area contributed by atoms with Gasteiger partial charge in [-0.2, -0.15) is 0 Å². The SMILES string of the molecule is CCOc1ccccc1NC(=O)Nc1cccc(-c2nc3ncccn3c2C)c1. The van der Waals surface area contributed by atoms with Gasteiger partial charge in [0.2, 0.25) is 5.78 Å². The van der Waals surface area contributed by atoms with Gasteiger partial charge in [0.1, 0.15) is 5.75 Å². The number of urea groups is 1. The van der Waals surface area contributed by atoms with Crippen LogP contribution >= 0.6 is 0 Å². The molecule has 2 aromatic carbocycles. The van der Waals surface area contributed by atoms with Crippen molar-refractivity contribution in [1.82, 2.24) is 14.4 Å². The lowest BCUT2D eigenvalue weighted by atomic mass is 10.1. The molecule has 2 aromatic heterocycles. The standard InChI is InChI=1S/C22H21N5O2/c1-3-29-19-11-5-4-10-18(19)25-22(28)24-17-9-6-8-16(14-17)20-15(2)27-13-7-12-23-21(27)26-20/h4-14H,3H2,1-2H3,(H2,24,25,28). The molecule has 0 atom stereocenters. The molecule has 7 nitrogen and oxygen atoms in total. The molecule has 2 N–H and O–H groups in total. The number of amides is 2. The zero-order valence-corrected chi connectivity index (χ0v) is 16.2. The molecule has 0 radical (unpaired) electrons. The maximum Gasteiger partial charge on any atom is 0.323 e. The second-order valence-electron chi connectivity index (χ2n) is 6.42. The largest absolute Gasteiger partial charge is 0.492 e. The van der Waals surface area contributed by atoms with Gasteiger partial charge in [-0.1, -0.05) is 24.3 Å². The molecule has 29 heavy (non-hydrogen) atoms. The van der Waals surface area contributed by atoms with Gasteiger partial charge < -0.3 is 15.4 Å². The molecule has 4 aromatic rings. The Morgan fingerprint density at radius 2 is 1.97 bits per heavy atom. The van der Waals surface area contributed by atoms with E-state index in [-0.39, 0.29) is 6.03 Å². The fourth-order valence-electron chi connectivity index (χ4n) is 3.16. The van der Waals surface area contributed by atoms with Crippen molar-refractivity contribution in [3.8, 4) is 17.0 Å². The van der Waals surface area contributed by atoms with Gasteiger partial charge in [0.05, 0.1) is 18.0 Å². The molecule has 0 aliphatic rings. The summed E-state index contributed by atoms with van der Waals surface area (Å²) in [6.07, 6.45) is 3.65. The summed E-state index contributed by atoms with van der Waals surface area (Å²) >= 11 is 0. The molecule has 2 amide bonds. The number of benzene rings is 2. The van der Waals surface area contributed by atoms with E-state index >= 15 is 0 Å². The number of hydrogen-bond donors (Lipinski definition) is 2. The summed E-state index contributed by atoms with van der Waals surface area (Å²) in [6.45, 7) is 4.42. The number of rotatable bonds is 5. The normalized spacial score (nSPS) is 10.7. The molecule has 0 spiro atoms. The van der Waals surface area contributed by atoms with Gasteiger partial charge in [0.25, 0.3) is 0 Å². The summed E-state index contributed by atoms with van der Waals surface area (Å²) < 4.78 is 7.49. The first-order valence-electron chi connectivity index (χ1n) is 9.35. The minimum atomic E-state index is -0.345. The van der Waals surface area contributed by atoms with Crippen molar-refractivity contribution in [2.24, 2.45) is 0 Å². The lowest BCUT2D eigenvalue weighted by molar-refractivity contribution is 0.262. The van der Waals surface area contributed by atoms with Crippen LogP contribution in [0.25, 0.3) is 17.0 Å². The summed E-state index contributed by atoms with van der Waals surface area (Å²) in [4.78, 5) is 21.4. The van der Waals surface area contributed by atoms with Crippen LogP contribution in [0.3, 0.4) is 0 Å². The zero-order chi connectivity index (χ0) is 20.2. The molecule has 0 aliphatic carbocycles. The molecule has 7 heteroatoms. The summed E-state index contributed by atoms with van der Waals surface area (Å²) in [5.41, 5.74) is 4.00. The molecule has 146 valence electrons. The summed E-state index contributed by atoms with van der Waals surface area (Å²) in [7, 11) is 0. The third kappa shape index (κ3) is 3.89. The molecule has 0 saturated heterocycles. The Bertz CT molecular complexity index is 1170. The van der Waals surface area contributed by atoms with Crippen molar-refractivity contribution in [3.63, 3.8) is 0 Å². The highest BCUT2D eigenvalue weighted by atomic mass is 16.5. The average Bonchev–Trinajstić information content (AvgIpc) is 3.07. The maximum absolute atomic E-state index is 12.5. The molecular formula is C22H21N5O2. The van der Waals surface area contributed by atoms with Crippen LogP contribution in [0, 0.1) is 6.92 Å². The molecule has 4 rings (SSSR count). The third-order valence-corrected chi connectivity index (χ3v) is 4.47. The van der Waals surface area contributed by atoms with Crippen LogP contribution in [0.1, 0.15) is 12.6 Å². The van der Waals surface area contributed by atoms with Gasteiger partial charge in [0.15, 0.2) is 0 Å². The number of ether oxygens (including phenoxy) is 1. The zero-order valence-electron chi connectivity index (χ0n) is 16.2. The van der Waals surface area contributed by atoms with E-state index in [1.54, 1.807) is 12.3 Å². The predicted octanol–water partition coefficient (Wildman–Crippen LogP) is 4.75. The van der Waals surface area contributed by atoms with Crippen LogP contribution in [-0.2, 0) is 0 Å². The van der Waals surface area contributed by atoms with Crippen LogP contribution in [0.2, 0.25) is 0 Å². The second-order valence-corrected chi connectivity index (χ2v) is 6.42. The van der Waals surface area contributed by atoms with E-state index in [0.29, 0.717) is 29.5 Å². The number of hydrogen-bond acceptors (Lipinski definition) is 4. The molecule has 0 saturated carbocycles. The number of carbonyl (C=O) groups excluding carboxylic acids is 1. The molecule has 2 heterocycles. The third-order valence-electron chi connectivity index (χ3n) is 4.47. The van der Waals surface area contributed by atoms with E-state index in [4.69, 9.17) is 4.74 Å². The van der Waals surface area contributed by atoms with E-state index in [9.17, 15) is 4.79 Å². The van der Waals surface area contributed by atoms with Crippen LogP contribution in [0.15, 0.2) is 67.0 Å². The monoisotopic (exact) mass is 387 g/mol. The molecule has 0 fully saturated rings.